The van der Waals surface area contributed by atoms with Gasteiger partial charge in [-0.1, -0.05) is 27.0 Å². The first-order valence-electron chi connectivity index (χ1n) is 11.3. The van der Waals surface area contributed by atoms with Crippen LogP contribution in [0, 0.1) is 0 Å². The van der Waals surface area contributed by atoms with E-state index in [1.807, 2.05) is 13.8 Å². The van der Waals surface area contributed by atoms with Crippen LogP contribution < -0.4 is 5.32 Å². The predicted octanol–water partition coefficient (Wildman–Crippen LogP) is 2.60. The normalized spacial score (nSPS) is 11.9. The van der Waals surface area contributed by atoms with Gasteiger partial charge in [-0.25, -0.2) is 24.2 Å². The fourth-order valence-corrected chi connectivity index (χ4v) is 1.64. The van der Waals surface area contributed by atoms with Crippen LogP contribution in [0.5, 0.6) is 0 Å². The van der Waals surface area contributed by atoms with Crippen molar-refractivity contribution in [3.05, 3.63) is 24.3 Å². The Bertz CT molecular complexity index is 684. The molecule has 202 valence electrons. The van der Waals surface area contributed by atoms with Gasteiger partial charge in [0.15, 0.2) is 0 Å². The van der Waals surface area contributed by atoms with Crippen molar-refractivity contribution in [2.24, 2.45) is 4.99 Å². The first-order chi connectivity index (χ1) is 16.3. The number of amides is 1. The average molecular weight is 503 g/mol. The molecule has 3 atom stereocenters. The lowest BCUT2D eigenvalue weighted by Gasteiger charge is -2.17. The number of esters is 2. The summed E-state index contributed by atoms with van der Waals surface area (Å²) in [6.07, 6.45) is 1.68. The quantitative estimate of drug-likeness (QED) is 0.0858. The van der Waals surface area contributed by atoms with Gasteiger partial charge in [0.2, 0.25) is 6.08 Å². The van der Waals surface area contributed by atoms with Gasteiger partial charge in [-0.2, -0.15) is 0 Å². The summed E-state index contributed by atoms with van der Waals surface area (Å²) < 4.78 is 14.5. The summed E-state index contributed by atoms with van der Waals surface area (Å²) in [7, 11) is 0. The molecule has 35 heavy (non-hydrogen) atoms. The standard InChI is InChI=1S/C13H23NO5.C7H9NO3.C4H10O/c1-5-11(8-10(4)15)19-13(17)14-6-7-18-12(16)9(2)3;1-6(2)7(10)11-4-3-8-5-9;1-3-4(2)5/h10-11,15H,2,5-8H2,1,3-4H3,(H,14,17);1,3-4H2,2H3;4-5H,3H2,1-2H3. The van der Waals surface area contributed by atoms with Gasteiger partial charge in [0.25, 0.3) is 0 Å². The van der Waals surface area contributed by atoms with Crippen LogP contribution in [0.2, 0.25) is 0 Å². The third kappa shape index (κ3) is 29.0. The average Bonchev–Trinajstić information content (AvgIpc) is 2.79. The first kappa shape index (κ1) is 36.6. The molecule has 0 aromatic rings. The third-order valence-corrected chi connectivity index (χ3v) is 3.73. The molecule has 0 aliphatic rings. The van der Waals surface area contributed by atoms with E-state index >= 15 is 0 Å². The Hall–Kier alpha value is -3.01. The topological polar surface area (TPSA) is 161 Å². The van der Waals surface area contributed by atoms with Gasteiger partial charge in [0, 0.05) is 17.6 Å². The van der Waals surface area contributed by atoms with Crippen molar-refractivity contribution >= 4 is 24.1 Å². The summed E-state index contributed by atoms with van der Waals surface area (Å²) in [5.41, 5.74) is 0.644. The largest absolute Gasteiger partial charge is 0.460 e. The van der Waals surface area contributed by atoms with Gasteiger partial charge in [-0.05, 0) is 40.5 Å². The number of nitrogens with zero attached hydrogens (tertiary/aromatic N) is 1. The molecule has 3 unspecified atom stereocenters. The number of aliphatic hydroxyl groups is 2. The summed E-state index contributed by atoms with van der Waals surface area (Å²) >= 11 is 0. The first-order valence-corrected chi connectivity index (χ1v) is 11.3. The van der Waals surface area contributed by atoms with Crippen LogP contribution in [-0.2, 0) is 28.6 Å². The summed E-state index contributed by atoms with van der Waals surface area (Å²) in [5.74, 6) is -0.957. The Kier molecular flexibility index (Phi) is 25.2. The van der Waals surface area contributed by atoms with Crippen LogP contribution in [0.25, 0.3) is 0 Å². The molecule has 0 radical (unpaired) electrons. The number of carbonyl (C=O) groups is 3. The second-order valence-corrected chi connectivity index (χ2v) is 7.51. The van der Waals surface area contributed by atoms with Crippen LogP contribution in [0.4, 0.5) is 4.79 Å². The highest BCUT2D eigenvalue weighted by atomic mass is 16.6. The molecular weight excluding hydrogens is 460 g/mol. The van der Waals surface area contributed by atoms with E-state index in [0.717, 1.165) is 6.42 Å². The maximum atomic E-state index is 11.4. The number of aliphatic hydroxyl groups excluding tert-OH is 2. The van der Waals surface area contributed by atoms with Crippen LogP contribution >= 0.6 is 0 Å². The van der Waals surface area contributed by atoms with E-state index in [2.05, 4.69) is 28.2 Å². The van der Waals surface area contributed by atoms with Crippen molar-refractivity contribution in [2.75, 3.05) is 26.3 Å². The maximum absolute atomic E-state index is 11.4. The number of isocyanates is 1. The minimum absolute atomic E-state index is 0.0635. The Morgan fingerprint density at radius 1 is 0.943 bits per heavy atom. The smallest absolute Gasteiger partial charge is 0.407 e. The number of nitrogens with one attached hydrogen (secondary N) is 1. The molecule has 0 aromatic carbocycles. The molecule has 3 N–H and O–H groups in total. The summed E-state index contributed by atoms with van der Waals surface area (Å²) in [6.45, 7) is 17.6. The molecule has 0 aliphatic carbocycles. The Morgan fingerprint density at radius 2 is 1.43 bits per heavy atom. The zero-order valence-electron chi connectivity index (χ0n) is 21.8. The number of alkyl carbamates (subject to hydrolysis) is 1. The molecular formula is C24H42N2O9. The number of carbonyl (C=O) groups excluding carboxylic acids is 4. The fraction of sp³-hybridized carbons (Fsp3) is 0.667. The molecule has 0 saturated heterocycles. The zero-order chi connectivity index (χ0) is 27.8. The van der Waals surface area contributed by atoms with E-state index in [1.165, 1.54) is 6.08 Å². The molecule has 0 bridgehead atoms. The highest BCUT2D eigenvalue weighted by molar-refractivity contribution is 5.87. The molecule has 11 heteroatoms. The van der Waals surface area contributed by atoms with Crippen LogP contribution in [-0.4, -0.2) is 78.9 Å². The van der Waals surface area contributed by atoms with E-state index in [1.54, 1.807) is 27.7 Å². The van der Waals surface area contributed by atoms with Crippen LogP contribution in [0.3, 0.4) is 0 Å². The van der Waals surface area contributed by atoms with Crippen molar-refractivity contribution in [1.82, 2.24) is 5.32 Å². The van der Waals surface area contributed by atoms with Gasteiger partial charge in [0.05, 0.1) is 25.3 Å². The Labute approximate surface area is 208 Å². The molecule has 0 aliphatic heterocycles. The molecule has 1 amide bonds. The SMILES string of the molecule is C=C(C)C(=O)OCCN=C=O.C=C(C)C(=O)OCCNC(=O)OC(CC)CC(C)O.CCC(C)O. The van der Waals surface area contributed by atoms with Crippen molar-refractivity contribution < 1.29 is 43.6 Å². The molecule has 0 spiro atoms. The monoisotopic (exact) mass is 502 g/mol. The minimum atomic E-state index is -0.584. The molecule has 0 rings (SSSR count). The second kappa shape index (κ2) is 24.1. The fourth-order valence-electron chi connectivity index (χ4n) is 1.64. The number of rotatable bonds is 13. The van der Waals surface area contributed by atoms with Crippen molar-refractivity contribution in [3.8, 4) is 0 Å². The van der Waals surface area contributed by atoms with Crippen molar-refractivity contribution in [2.45, 2.75) is 79.1 Å². The minimum Gasteiger partial charge on any atom is -0.460 e. The number of hydrogen-bond acceptors (Lipinski definition) is 10. The van der Waals surface area contributed by atoms with Gasteiger partial charge >= 0.3 is 18.0 Å². The van der Waals surface area contributed by atoms with Crippen LogP contribution in [0.15, 0.2) is 29.3 Å². The van der Waals surface area contributed by atoms with Crippen LogP contribution in [0.1, 0.15) is 60.8 Å². The Balaban J connectivity index is -0.000000536. The Morgan fingerprint density at radius 3 is 1.80 bits per heavy atom. The van der Waals surface area contributed by atoms with Gasteiger partial charge < -0.3 is 29.7 Å². The van der Waals surface area contributed by atoms with Gasteiger partial charge in [0.1, 0.15) is 19.3 Å². The lowest BCUT2D eigenvalue weighted by molar-refractivity contribution is -0.139. The lowest BCUT2D eigenvalue weighted by Crippen LogP contribution is -2.32. The van der Waals surface area contributed by atoms with E-state index in [4.69, 9.17) is 14.6 Å². The van der Waals surface area contributed by atoms with Gasteiger partial charge in [-0.15, -0.1) is 0 Å². The van der Waals surface area contributed by atoms with E-state index in [0.29, 0.717) is 24.0 Å². The second-order valence-electron chi connectivity index (χ2n) is 7.51. The highest BCUT2D eigenvalue weighted by Crippen LogP contribution is 2.07. The number of ether oxygens (including phenoxy) is 3. The molecule has 0 saturated carbocycles. The summed E-state index contributed by atoms with van der Waals surface area (Å²) in [6, 6.07) is 0. The third-order valence-electron chi connectivity index (χ3n) is 3.73. The van der Waals surface area contributed by atoms with Gasteiger partial charge in [-0.3, -0.25) is 0 Å². The number of hydrogen-bond donors (Lipinski definition) is 3. The molecule has 0 fully saturated rings. The highest BCUT2D eigenvalue weighted by Gasteiger charge is 2.14. The molecule has 11 nitrogen and oxygen atoms in total. The number of aliphatic imine (C=N–C) groups is 1. The predicted molar refractivity (Wildman–Crippen MR) is 131 cm³/mol. The zero-order valence-corrected chi connectivity index (χ0v) is 21.8. The maximum Gasteiger partial charge on any atom is 0.407 e. The summed E-state index contributed by atoms with van der Waals surface area (Å²) in [4.78, 5) is 45.8. The lowest BCUT2D eigenvalue weighted by atomic mass is 10.1. The van der Waals surface area contributed by atoms with Crippen molar-refractivity contribution in [3.63, 3.8) is 0 Å². The van der Waals surface area contributed by atoms with E-state index in [9.17, 15) is 24.3 Å². The van der Waals surface area contributed by atoms with E-state index < -0.39 is 24.1 Å². The molecule has 0 heterocycles. The van der Waals surface area contributed by atoms with E-state index in [-0.39, 0.29) is 38.5 Å². The molecule has 0 aromatic heterocycles. The summed E-state index contributed by atoms with van der Waals surface area (Å²) in [5, 5.41) is 20.0. The van der Waals surface area contributed by atoms with Crippen molar-refractivity contribution in [1.29, 1.82) is 0 Å².